The molecule has 0 aliphatic carbocycles. The highest BCUT2D eigenvalue weighted by Gasteiger charge is 2.08. The third-order valence-electron chi connectivity index (χ3n) is 3.10. The second-order valence-electron chi connectivity index (χ2n) is 5.00. The summed E-state index contributed by atoms with van der Waals surface area (Å²) in [5, 5.41) is 0.607. The lowest BCUT2D eigenvalue weighted by Crippen LogP contribution is -2.09. The van der Waals surface area contributed by atoms with Crippen molar-refractivity contribution >= 4 is 17.6 Å². The van der Waals surface area contributed by atoms with Crippen molar-refractivity contribution in [3.05, 3.63) is 35.4 Å². The predicted octanol–water partition coefficient (Wildman–Crippen LogP) is 3.71. The molecule has 0 spiro atoms. The summed E-state index contributed by atoms with van der Waals surface area (Å²) in [5.41, 5.74) is 5.04. The van der Waals surface area contributed by atoms with E-state index in [9.17, 15) is 0 Å². The van der Waals surface area contributed by atoms with E-state index in [0.717, 1.165) is 5.75 Å². The van der Waals surface area contributed by atoms with Crippen molar-refractivity contribution < 1.29 is 4.74 Å². The number of benzene rings is 1. The molecule has 6 heteroatoms. The summed E-state index contributed by atoms with van der Waals surface area (Å²) in [7, 11) is 0. The highest BCUT2D eigenvalue weighted by Crippen LogP contribution is 2.27. The highest BCUT2D eigenvalue weighted by molar-refractivity contribution is 7.98. The van der Waals surface area contributed by atoms with Crippen LogP contribution < -0.4 is 16.0 Å². The molecule has 0 radical (unpaired) electrons. The zero-order chi connectivity index (χ0) is 15.4. The van der Waals surface area contributed by atoms with Gasteiger partial charge in [-0.15, -0.1) is 0 Å². The fraction of sp³-hybridized carbons (Fsp3) is 0.333. The minimum absolute atomic E-state index is 0.471. The van der Waals surface area contributed by atoms with Gasteiger partial charge in [0.1, 0.15) is 11.6 Å². The Labute approximate surface area is 129 Å². The molecule has 0 saturated heterocycles. The van der Waals surface area contributed by atoms with Gasteiger partial charge in [-0.3, -0.25) is 0 Å². The topological polar surface area (TPSA) is 73.1 Å². The molecule has 0 bridgehead atoms. The Bertz CT molecular complexity index is 609. The summed E-state index contributed by atoms with van der Waals surface area (Å²) in [6.45, 7) is 6.44. The Hall–Kier alpha value is -1.79. The van der Waals surface area contributed by atoms with Gasteiger partial charge in [0.05, 0.1) is 0 Å². The molecule has 5 nitrogen and oxygen atoms in total. The van der Waals surface area contributed by atoms with Crippen LogP contribution in [0.15, 0.2) is 29.4 Å². The minimum Gasteiger partial charge on any atom is -0.439 e. The molecule has 2 rings (SSSR count). The number of hydrogen-bond acceptors (Lipinski definition) is 6. The average molecular weight is 304 g/mol. The molecule has 0 amide bonds. The van der Waals surface area contributed by atoms with Crippen LogP contribution in [0.25, 0.3) is 0 Å². The van der Waals surface area contributed by atoms with Gasteiger partial charge in [-0.1, -0.05) is 31.7 Å². The third-order valence-corrected chi connectivity index (χ3v) is 3.65. The number of aryl methyl sites for hydroxylation is 1. The van der Waals surface area contributed by atoms with E-state index < -0.39 is 0 Å². The molecule has 3 N–H and O–H groups in total. The van der Waals surface area contributed by atoms with E-state index in [0.29, 0.717) is 22.8 Å². The van der Waals surface area contributed by atoms with Crippen molar-refractivity contribution in [2.45, 2.75) is 31.8 Å². The number of hydrogen-bond donors (Lipinski definition) is 2. The number of anilines is 1. The minimum atomic E-state index is 0.471. The van der Waals surface area contributed by atoms with Crippen molar-refractivity contribution in [1.82, 2.24) is 9.97 Å². The lowest BCUT2D eigenvalue weighted by atomic mass is 9.98. The summed E-state index contributed by atoms with van der Waals surface area (Å²) in [6.07, 6.45) is 1.90. The number of nitrogens with zero attached hydrogens (tertiary/aromatic N) is 2. The standard InChI is InChI=1S/C15H20N4OS/c1-9(2)12-6-5-11(7-10(12)3)20-14-8-13(19-16)17-15(18-14)21-4/h5-9H,16H2,1-4H3,(H,17,18,19). The number of aromatic nitrogens is 2. The van der Waals surface area contributed by atoms with Crippen LogP contribution in [0.3, 0.4) is 0 Å². The summed E-state index contributed by atoms with van der Waals surface area (Å²) >= 11 is 1.43. The van der Waals surface area contributed by atoms with Crippen LogP contribution in [0.5, 0.6) is 11.6 Å². The number of rotatable bonds is 5. The monoisotopic (exact) mass is 304 g/mol. The summed E-state index contributed by atoms with van der Waals surface area (Å²) in [5.74, 6) is 7.66. The average Bonchev–Trinajstić information content (AvgIpc) is 2.46. The van der Waals surface area contributed by atoms with Crippen LogP contribution in [0, 0.1) is 6.92 Å². The lowest BCUT2D eigenvalue weighted by molar-refractivity contribution is 0.455. The first-order valence-corrected chi connectivity index (χ1v) is 7.94. The number of hydrazine groups is 1. The fourth-order valence-corrected chi connectivity index (χ4v) is 2.47. The maximum Gasteiger partial charge on any atom is 0.225 e. The Morgan fingerprint density at radius 2 is 2.00 bits per heavy atom. The lowest BCUT2D eigenvalue weighted by Gasteiger charge is -2.12. The molecule has 2 aromatic rings. The van der Waals surface area contributed by atoms with Gasteiger partial charge >= 0.3 is 0 Å². The number of nitrogens with two attached hydrogens (primary N) is 1. The molecule has 0 fully saturated rings. The molecule has 21 heavy (non-hydrogen) atoms. The molecular formula is C15H20N4OS. The highest BCUT2D eigenvalue weighted by atomic mass is 32.2. The number of thioether (sulfide) groups is 1. The maximum absolute atomic E-state index is 5.82. The second-order valence-corrected chi connectivity index (χ2v) is 5.77. The van der Waals surface area contributed by atoms with Gasteiger partial charge < -0.3 is 10.2 Å². The number of nitrogens with one attached hydrogen (secondary N) is 1. The fourth-order valence-electron chi connectivity index (χ4n) is 2.10. The first-order chi connectivity index (χ1) is 10.0. The maximum atomic E-state index is 5.82. The Kier molecular flexibility index (Phi) is 5.03. The van der Waals surface area contributed by atoms with Gasteiger partial charge in [0.15, 0.2) is 5.16 Å². The summed E-state index contributed by atoms with van der Waals surface area (Å²) < 4.78 is 5.82. The summed E-state index contributed by atoms with van der Waals surface area (Å²) in [4.78, 5) is 8.52. The molecule has 1 heterocycles. The van der Waals surface area contributed by atoms with E-state index in [4.69, 9.17) is 10.6 Å². The van der Waals surface area contributed by atoms with Crippen molar-refractivity contribution in [3.63, 3.8) is 0 Å². The van der Waals surface area contributed by atoms with E-state index in [2.05, 4.69) is 42.2 Å². The van der Waals surface area contributed by atoms with Crippen LogP contribution in [0.2, 0.25) is 0 Å². The first kappa shape index (κ1) is 15.6. The van der Waals surface area contributed by atoms with E-state index in [1.54, 1.807) is 6.07 Å². The first-order valence-electron chi connectivity index (χ1n) is 6.71. The molecule has 0 saturated carbocycles. The largest absolute Gasteiger partial charge is 0.439 e. The van der Waals surface area contributed by atoms with Gasteiger partial charge in [-0.25, -0.2) is 10.8 Å². The van der Waals surface area contributed by atoms with Crippen LogP contribution in [-0.2, 0) is 0 Å². The van der Waals surface area contributed by atoms with Crippen molar-refractivity contribution in [1.29, 1.82) is 0 Å². The quantitative estimate of drug-likeness (QED) is 0.380. The smallest absolute Gasteiger partial charge is 0.225 e. The van der Waals surface area contributed by atoms with Gasteiger partial charge in [-0.2, -0.15) is 4.98 Å². The van der Waals surface area contributed by atoms with Crippen LogP contribution in [-0.4, -0.2) is 16.2 Å². The molecular weight excluding hydrogens is 284 g/mol. The molecule has 112 valence electrons. The molecule has 0 aliphatic rings. The molecule has 1 aromatic heterocycles. The molecule has 0 aliphatic heterocycles. The molecule has 1 aromatic carbocycles. The second kappa shape index (κ2) is 6.78. The van der Waals surface area contributed by atoms with Gasteiger partial charge in [0, 0.05) is 6.07 Å². The molecule has 0 unspecified atom stereocenters. The van der Waals surface area contributed by atoms with E-state index >= 15 is 0 Å². The van der Waals surface area contributed by atoms with Crippen molar-refractivity contribution in [2.24, 2.45) is 5.84 Å². The van der Waals surface area contributed by atoms with Crippen LogP contribution in [0.4, 0.5) is 5.82 Å². The third kappa shape index (κ3) is 3.86. The van der Waals surface area contributed by atoms with Crippen LogP contribution >= 0.6 is 11.8 Å². The normalized spacial score (nSPS) is 10.8. The van der Waals surface area contributed by atoms with Crippen LogP contribution in [0.1, 0.15) is 30.9 Å². The predicted molar refractivity (Wildman–Crippen MR) is 87.0 cm³/mol. The van der Waals surface area contributed by atoms with Gasteiger partial charge in [-0.05, 0) is 42.4 Å². The van der Waals surface area contributed by atoms with Crippen molar-refractivity contribution in [3.8, 4) is 11.6 Å². The van der Waals surface area contributed by atoms with Gasteiger partial charge in [0.25, 0.3) is 0 Å². The summed E-state index contributed by atoms with van der Waals surface area (Å²) in [6, 6.07) is 7.74. The Morgan fingerprint density at radius 3 is 2.57 bits per heavy atom. The Balaban J connectivity index is 2.27. The van der Waals surface area contributed by atoms with Gasteiger partial charge in [0.2, 0.25) is 5.88 Å². The SMILES string of the molecule is CSc1nc(NN)cc(Oc2ccc(C(C)C)c(C)c2)n1. The van der Waals surface area contributed by atoms with E-state index in [-0.39, 0.29) is 0 Å². The molecule has 0 atom stereocenters. The van der Waals surface area contributed by atoms with E-state index in [1.165, 1.54) is 22.9 Å². The van der Waals surface area contributed by atoms with E-state index in [1.807, 2.05) is 18.4 Å². The van der Waals surface area contributed by atoms with Crippen molar-refractivity contribution in [2.75, 3.05) is 11.7 Å². The Morgan fingerprint density at radius 1 is 1.24 bits per heavy atom. The number of ether oxygens (including phenoxy) is 1. The number of nitrogen functional groups attached to an aromatic ring is 1. The zero-order valence-electron chi connectivity index (χ0n) is 12.7. The zero-order valence-corrected chi connectivity index (χ0v) is 13.5.